The van der Waals surface area contributed by atoms with Crippen LogP contribution in [0.1, 0.15) is 27.2 Å². The predicted octanol–water partition coefficient (Wildman–Crippen LogP) is 4.79. The van der Waals surface area contributed by atoms with Crippen LogP contribution in [0.2, 0.25) is 0 Å². The molecule has 0 aliphatic carbocycles. The maximum atomic E-state index is 5.81. The summed E-state index contributed by atoms with van der Waals surface area (Å²) in [6.45, 7) is 8.57. The Labute approximate surface area is 145 Å². The van der Waals surface area contributed by atoms with E-state index in [9.17, 15) is 0 Å². The molecular formula is C20H28N2O2. The molecule has 0 unspecified atom stereocenters. The summed E-state index contributed by atoms with van der Waals surface area (Å²) in [5.74, 6) is 1.81. The normalized spacial score (nSPS) is 10.5. The molecule has 0 amide bonds. The zero-order valence-electron chi connectivity index (χ0n) is 14.8. The molecule has 2 rings (SSSR count). The Hall–Kier alpha value is -2.36. The Morgan fingerprint density at radius 1 is 0.917 bits per heavy atom. The van der Waals surface area contributed by atoms with Crippen molar-refractivity contribution in [3.63, 3.8) is 0 Å². The van der Waals surface area contributed by atoms with Crippen molar-refractivity contribution in [2.75, 3.05) is 30.3 Å². The average molecular weight is 328 g/mol. The van der Waals surface area contributed by atoms with Gasteiger partial charge in [-0.1, -0.05) is 19.1 Å². The quantitative estimate of drug-likeness (QED) is 0.616. The van der Waals surface area contributed by atoms with Gasteiger partial charge in [0.25, 0.3) is 0 Å². The largest absolute Gasteiger partial charge is 0.494 e. The van der Waals surface area contributed by atoms with Gasteiger partial charge in [-0.05, 0) is 56.7 Å². The highest BCUT2D eigenvalue weighted by Gasteiger charge is 2.04. The second kappa shape index (κ2) is 9.71. The number of rotatable bonds is 10. The van der Waals surface area contributed by atoms with Crippen LogP contribution in [0.5, 0.6) is 11.5 Å². The van der Waals surface area contributed by atoms with E-state index in [2.05, 4.69) is 17.6 Å². The highest BCUT2D eigenvalue weighted by atomic mass is 16.5. The van der Waals surface area contributed by atoms with E-state index in [0.717, 1.165) is 49.0 Å². The molecule has 0 atom stereocenters. The standard InChI is InChI=1S/C20H28N2O2/c1-4-15-23-18-11-9-17(10-12-18)21-13-14-22-19-7-5-6-8-20(19)24-16(2)3/h5-12,16,21-22H,4,13-15H2,1-3H3. The second-order valence-corrected chi connectivity index (χ2v) is 5.89. The van der Waals surface area contributed by atoms with E-state index < -0.39 is 0 Å². The maximum absolute atomic E-state index is 5.81. The number of nitrogens with one attached hydrogen (secondary N) is 2. The van der Waals surface area contributed by atoms with Gasteiger partial charge in [0, 0.05) is 18.8 Å². The number of anilines is 2. The minimum Gasteiger partial charge on any atom is -0.494 e. The Kier molecular flexibility index (Phi) is 7.27. The Morgan fingerprint density at radius 3 is 2.33 bits per heavy atom. The molecule has 130 valence electrons. The van der Waals surface area contributed by atoms with Gasteiger partial charge in [-0.15, -0.1) is 0 Å². The zero-order chi connectivity index (χ0) is 17.2. The van der Waals surface area contributed by atoms with E-state index in [-0.39, 0.29) is 6.10 Å². The summed E-state index contributed by atoms with van der Waals surface area (Å²) in [6.07, 6.45) is 1.19. The van der Waals surface area contributed by atoms with Crippen molar-refractivity contribution >= 4 is 11.4 Å². The molecule has 2 N–H and O–H groups in total. The molecular weight excluding hydrogens is 300 g/mol. The molecule has 0 saturated carbocycles. The maximum Gasteiger partial charge on any atom is 0.142 e. The lowest BCUT2D eigenvalue weighted by atomic mass is 10.3. The summed E-state index contributed by atoms with van der Waals surface area (Å²) in [5.41, 5.74) is 2.11. The molecule has 0 bridgehead atoms. The van der Waals surface area contributed by atoms with Crippen LogP contribution in [-0.4, -0.2) is 25.8 Å². The molecule has 4 nitrogen and oxygen atoms in total. The van der Waals surface area contributed by atoms with Crippen LogP contribution in [-0.2, 0) is 0 Å². The van der Waals surface area contributed by atoms with Crippen LogP contribution >= 0.6 is 0 Å². The average Bonchev–Trinajstić information content (AvgIpc) is 2.59. The lowest BCUT2D eigenvalue weighted by molar-refractivity contribution is 0.243. The molecule has 0 aliphatic rings. The Bertz CT molecular complexity index is 597. The van der Waals surface area contributed by atoms with Gasteiger partial charge in [0.05, 0.1) is 18.4 Å². The molecule has 0 aromatic heterocycles. The number of hydrogen-bond acceptors (Lipinski definition) is 4. The monoisotopic (exact) mass is 328 g/mol. The molecule has 4 heteroatoms. The fourth-order valence-electron chi connectivity index (χ4n) is 2.26. The lowest BCUT2D eigenvalue weighted by Gasteiger charge is -2.16. The number of benzene rings is 2. The summed E-state index contributed by atoms with van der Waals surface area (Å²) in [5, 5.41) is 6.82. The topological polar surface area (TPSA) is 42.5 Å². The number of para-hydroxylation sites is 2. The van der Waals surface area contributed by atoms with Crippen molar-refractivity contribution in [2.45, 2.75) is 33.3 Å². The van der Waals surface area contributed by atoms with Gasteiger partial charge in [0.1, 0.15) is 11.5 Å². The Balaban J connectivity index is 1.77. The molecule has 24 heavy (non-hydrogen) atoms. The third kappa shape index (κ3) is 6.03. The van der Waals surface area contributed by atoms with Gasteiger partial charge >= 0.3 is 0 Å². The van der Waals surface area contributed by atoms with Gasteiger partial charge in [-0.2, -0.15) is 0 Å². The molecule has 0 radical (unpaired) electrons. The third-order valence-corrected chi connectivity index (χ3v) is 3.35. The van der Waals surface area contributed by atoms with Crippen molar-refractivity contribution < 1.29 is 9.47 Å². The first-order valence-corrected chi connectivity index (χ1v) is 8.65. The van der Waals surface area contributed by atoms with Crippen LogP contribution in [0.15, 0.2) is 48.5 Å². The summed E-state index contributed by atoms with van der Waals surface area (Å²) in [7, 11) is 0. The highest BCUT2D eigenvalue weighted by molar-refractivity contribution is 5.56. The van der Waals surface area contributed by atoms with Crippen LogP contribution in [0, 0.1) is 0 Å². The second-order valence-electron chi connectivity index (χ2n) is 5.89. The lowest BCUT2D eigenvalue weighted by Crippen LogP contribution is -2.15. The van der Waals surface area contributed by atoms with Crippen LogP contribution < -0.4 is 20.1 Å². The number of ether oxygens (including phenoxy) is 2. The molecule has 2 aromatic rings. The van der Waals surface area contributed by atoms with E-state index in [0.29, 0.717) is 0 Å². The molecule has 2 aromatic carbocycles. The zero-order valence-corrected chi connectivity index (χ0v) is 14.8. The Morgan fingerprint density at radius 2 is 1.62 bits per heavy atom. The van der Waals surface area contributed by atoms with Crippen molar-refractivity contribution in [3.05, 3.63) is 48.5 Å². The van der Waals surface area contributed by atoms with Crippen molar-refractivity contribution in [1.82, 2.24) is 0 Å². The molecule has 0 fully saturated rings. The predicted molar refractivity (Wildman–Crippen MR) is 101 cm³/mol. The van der Waals surface area contributed by atoms with Crippen LogP contribution in [0.25, 0.3) is 0 Å². The van der Waals surface area contributed by atoms with Crippen LogP contribution in [0.3, 0.4) is 0 Å². The van der Waals surface area contributed by atoms with Crippen LogP contribution in [0.4, 0.5) is 11.4 Å². The minimum atomic E-state index is 0.166. The summed E-state index contributed by atoms with van der Waals surface area (Å²) in [6, 6.07) is 16.1. The summed E-state index contributed by atoms with van der Waals surface area (Å²) in [4.78, 5) is 0. The molecule has 0 spiro atoms. The first kappa shape index (κ1) is 18.0. The summed E-state index contributed by atoms with van der Waals surface area (Å²) < 4.78 is 11.4. The van der Waals surface area contributed by atoms with Gasteiger partial charge in [0.15, 0.2) is 0 Å². The van der Waals surface area contributed by atoms with E-state index in [4.69, 9.17) is 9.47 Å². The van der Waals surface area contributed by atoms with Gasteiger partial charge < -0.3 is 20.1 Å². The summed E-state index contributed by atoms with van der Waals surface area (Å²) >= 11 is 0. The van der Waals surface area contributed by atoms with E-state index in [1.165, 1.54) is 0 Å². The number of hydrogen-bond donors (Lipinski definition) is 2. The van der Waals surface area contributed by atoms with Gasteiger partial charge in [0.2, 0.25) is 0 Å². The highest BCUT2D eigenvalue weighted by Crippen LogP contribution is 2.24. The molecule has 0 saturated heterocycles. The van der Waals surface area contributed by atoms with E-state index >= 15 is 0 Å². The minimum absolute atomic E-state index is 0.166. The van der Waals surface area contributed by atoms with Gasteiger partial charge in [-0.25, -0.2) is 0 Å². The fourth-order valence-corrected chi connectivity index (χ4v) is 2.26. The van der Waals surface area contributed by atoms with E-state index in [1.54, 1.807) is 0 Å². The smallest absolute Gasteiger partial charge is 0.142 e. The first-order chi connectivity index (χ1) is 11.7. The van der Waals surface area contributed by atoms with E-state index in [1.807, 2.05) is 62.4 Å². The van der Waals surface area contributed by atoms with Crippen molar-refractivity contribution in [1.29, 1.82) is 0 Å². The third-order valence-electron chi connectivity index (χ3n) is 3.35. The molecule has 0 heterocycles. The fraction of sp³-hybridized carbons (Fsp3) is 0.400. The van der Waals surface area contributed by atoms with Crippen molar-refractivity contribution in [3.8, 4) is 11.5 Å². The molecule has 0 aliphatic heterocycles. The SMILES string of the molecule is CCCOc1ccc(NCCNc2ccccc2OC(C)C)cc1. The first-order valence-electron chi connectivity index (χ1n) is 8.65. The van der Waals surface area contributed by atoms with Crippen molar-refractivity contribution in [2.24, 2.45) is 0 Å². The van der Waals surface area contributed by atoms with Gasteiger partial charge in [-0.3, -0.25) is 0 Å².